The number of aliphatic hydroxyl groups is 1. The van der Waals surface area contributed by atoms with Gasteiger partial charge in [-0.15, -0.1) is 0 Å². The highest BCUT2D eigenvalue weighted by molar-refractivity contribution is 6.01. The van der Waals surface area contributed by atoms with E-state index in [0.717, 1.165) is 0 Å². The van der Waals surface area contributed by atoms with E-state index >= 15 is 0 Å². The molecule has 0 aromatic heterocycles. The lowest BCUT2D eigenvalue weighted by molar-refractivity contribution is -0.141. The summed E-state index contributed by atoms with van der Waals surface area (Å²) in [5.41, 5.74) is -1.59. The van der Waals surface area contributed by atoms with Crippen molar-refractivity contribution in [3.63, 3.8) is 0 Å². The standard InChI is InChI=1S/C11H17N3O6/c1-11(20,4-8(16)17)5-12-10(19)13-6-2-3-7(15)14-9(6)18/h6,20H,2-5H2,1H3,(H,16,17)(H2,12,13,19)(H,14,15,18). The van der Waals surface area contributed by atoms with Gasteiger partial charge in [0.1, 0.15) is 6.04 Å². The lowest BCUT2D eigenvalue weighted by atomic mass is 10.0. The molecule has 20 heavy (non-hydrogen) atoms. The highest BCUT2D eigenvalue weighted by Crippen LogP contribution is 2.07. The monoisotopic (exact) mass is 287 g/mol. The van der Waals surface area contributed by atoms with Gasteiger partial charge in [0.15, 0.2) is 0 Å². The fourth-order valence-electron chi connectivity index (χ4n) is 1.70. The molecule has 1 aliphatic heterocycles. The van der Waals surface area contributed by atoms with Crippen molar-refractivity contribution in [2.45, 2.75) is 37.8 Å². The minimum absolute atomic E-state index is 0.132. The van der Waals surface area contributed by atoms with Gasteiger partial charge in [0, 0.05) is 13.0 Å². The molecule has 0 saturated carbocycles. The van der Waals surface area contributed by atoms with E-state index in [9.17, 15) is 24.3 Å². The number of urea groups is 1. The van der Waals surface area contributed by atoms with Gasteiger partial charge in [-0.1, -0.05) is 0 Å². The van der Waals surface area contributed by atoms with Gasteiger partial charge in [-0.3, -0.25) is 19.7 Å². The summed E-state index contributed by atoms with van der Waals surface area (Å²) in [5, 5.41) is 24.9. The van der Waals surface area contributed by atoms with Gasteiger partial charge in [-0.2, -0.15) is 0 Å². The Balaban J connectivity index is 2.38. The molecular formula is C11H17N3O6. The molecule has 0 bridgehead atoms. The molecule has 5 N–H and O–H groups in total. The lowest BCUT2D eigenvalue weighted by Gasteiger charge is -2.24. The Bertz CT molecular complexity index is 434. The topological polar surface area (TPSA) is 145 Å². The number of imide groups is 1. The first-order valence-electron chi connectivity index (χ1n) is 6.02. The van der Waals surface area contributed by atoms with E-state index in [2.05, 4.69) is 16.0 Å². The number of amides is 4. The number of carboxylic acid groups (broad SMARTS) is 1. The zero-order valence-corrected chi connectivity index (χ0v) is 10.9. The van der Waals surface area contributed by atoms with Crippen LogP contribution >= 0.6 is 0 Å². The van der Waals surface area contributed by atoms with Crippen LogP contribution in [0.25, 0.3) is 0 Å². The summed E-state index contributed by atoms with van der Waals surface area (Å²) in [6, 6.07) is -1.54. The maximum atomic E-state index is 11.5. The van der Waals surface area contributed by atoms with Crippen LogP contribution in [0.15, 0.2) is 0 Å². The largest absolute Gasteiger partial charge is 0.481 e. The molecule has 2 unspecified atom stereocenters. The second kappa shape index (κ2) is 6.33. The van der Waals surface area contributed by atoms with Crippen LogP contribution in [0.3, 0.4) is 0 Å². The van der Waals surface area contributed by atoms with Gasteiger partial charge in [0.2, 0.25) is 11.8 Å². The van der Waals surface area contributed by atoms with Crippen LogP contribution < -0.4 is 16.0 Å². The molecule has 0 spiro atoms. The van der Waals surface area contributed by atoms with Crippen molar-refractivity contribution in [2.24, 2.45) is 0 Å². The highest BCUT2D eigenvalue weighted by Gasteiger charge is 2.29. The van der Waals surface area contributed by atoms with Crippen molar-refractivity contribution in [1.82, 2.24) is 16.0 Å². The third-order valence-electron chi connectivity index (χ3n) is 2.71. The molecule has 9 nitrogen and oxygen atoms in total. The first-order chi connectivity index (χ1) is 9.19. The summed E-state index contributed by atoms with van der Waals surface area (Å²) in [7, 11) is 0. The summed E-state index contributed by atoms with van der Waals surface area (Å²) in [6.07, 6.45) is -0.192. The predicted octanol–water partition coefficient (Wildman–Crippen LogP) is -1.68. The van der Waals surface area contributed by atoms with Crippen LogP contribution in [0, 0.1) is 0 Å². The van der Waals surface area contributed by atoms with Gasteiger partial charge in [-0.05, 0) is 13.3 Å². The van der Waals surface area contributed by atoms with Crippen LogP contribution in [-0.2, 0) is 14.4 Å². The van der Waals surface area contributed by atoms with Crippen LogP contribution in [0.5, 0.6) is 0 Å². The minimum Gasteiger partial charge on any atom is -0.481 e. The van der Waals surface area contributed by atoms with E-state index in [-0.39, 0.29) is 19.4 Å². The zero-order chi connectivity index (χ0) is 15.3. The molecule has 112 valence electrons. The van der Waals surface area contributed by atoms with Crippen molar-refractivity contribution in [3.05, 3.63) is 0 Å². The van der Waals surface area contributed by atoms with Crippen molar-refractivity contribution in [1.29, 1.82) is 0 Å². The molecule has 9 heteroatoms. The van der Waals surface area contributed by atoms with Crippen molar-refractivity contribution in [3.8, 4) is 0 Å². The molecular weight excluding hydrogens is 270 g/mol. The lowest BCUT2D eigenvalue weighted by Crippen LogP contribution is -2.55. The number of carbonyl (C=O) groups excluding carboxylic acids is 3. The number of rotatable bonds is 5. The van der Waals surface area contributed by atoms with E-state index in [1.165, 1.54) is 6.92 Å². The molecule has 4 amide bonds. The normalized spacial score (nSPS) is 21.6. The van der Waals surface area contributed by atoms with E-state index < -0.39 is 41.9 Å². The minimum atomic E-state index is -1.59. The van der Waals surface area contributed by atoms with Crippen molar-refractivity contribution < 1.29 is 29.4 Å². The Hall–Kier alpha value is -2.16. The number of hydrogen-bond donors (Lipinski definition) is 5. The summed E-state index contributed by atoms with van der Waals surface area (Å²) in [4.78, 5) is 44.3. The number of carboxylic acids is 1. The third kappa shape index (κ3) is 5.22. The van der Waals surface area contributed by atoms with Gasteiger partial charge in [0.05, 0.1) is 12.0 Å². The maximum absolute atomic E-state index is 11.5. The molecule has 1 rings (SSSR count). The van der Waals surface area contributed by atoms with Gasteiger partial charge < -0.3 is 20.8 Å². The molecule has 0 aromatic rings. The molecule has 0 aromatic carbocycles. The first kappa shape index (κ1) is 15.9. The fraction of sp³-hybridized carbons (Fsp3) is 0.636. The predicted molar refractivity (Wildman–Crippen MR) is 65.6 cm³/mol. The Morgan fingerprint density at radius 3 is 2.65 bits per heavy atom. The Morgan fingerprint density at radius 1 is 1.45 bits per heavy atom. The van der Waals surface area contributed by atoms with E-state index in [4.69, 9.17) is 5.11 Å². The second-order valence-electron chi connectivity index (χ2n) is 4.90. The number of nitrogens with one attached hydrogen (secondary N) is 3. The van der Waals surface area contributed by atoms with Crippen molar-refractivity contribution in [2.75, 3.05) is 6.54 Å². The van der Waals surface area contributed by atoms with Crippen LogP contribution in [-0.4, -0.2) is 52.2 Å². The Labute approximate surface area is 114 Å². The average Bonchev–Trinajstić information content (AvgIpc) is 2.29. The smallest absolute Gasteiger partial charge is 0.315 e. The van der Waals surface area contributed by atoms with Crippen LogP contribution in [0.1, 0.15) is 26.2 Å². The molecule has 1 heterocycles. The van der Waals surface area contributed by atoms with Crippen LogP contribution in [0.4, 0.5) is 4.79 Å². The van der Waals surface area contributed by atoms with Gasteiger partial charge >= 0.3 is 12.0 Å². The van der Waals surface area contributed by atoms with E-state index in [1.807, 2.05) is 0 Å². The molecule has 1 fully saturated rings. The van der Waals surface area contributed by atoms with E-state index in [0.29, 0.717) is 0 Å². The number of carbonyl (C=O) groups is 4. The zero-order valence-electron chi connectivity index (χ0n) is 10.9. The molecule has 0 aliphatic carbocycles. The number of hydrogen-bond acceptors (Lipinski definition) is 5. The fourth-order valence-corrected chi connectivity index (χ4v) is 1.70. The maximum Gasteiger partial charge on any atom is 0.315 e. The summed E-state index contributed by atoms with van der Waals surface area (Å²) < 4.78 is 0. The summed E-state index contributed by atoms with van der Waals surface area (Å²) in [6.45, 7) is 0.992. The molecule has 1 saturated heterocycles. The molecule has 1 aliphatic rings. The Kier molecular flexibility index (Phi) is 5.03. The average molecular weight is 287 g/mol. The SMILES string of the molecule is CC(O)(CNC(=O)NC1CCC(=O)NC1=O)CC(=O)O. The van der Waals surface area contributed by atoms with Crippen LogP contribution in [0.2, 0.25) is 0 Å². The number of aliphatic carboxylic acids is 1. The first-order valence-corrected chi connectivity index (χ1v) is 6.02. The van der Waals surface area contributed by atoms with Crippen molar-refractivity contribution >= 4 is 23.8 Å². The quantitative estimate of drug-likeness (QED) is 0.382. The van der Waals surface area contributed by atoms with Gasteiger partial charge in [-0.25, -0.2) is 4.79 Å². The Morgan fingerprint density at radius 2 is 2.10 bits per heavy atom. The molecule has 0 radical (unpaired) electrons. The molecule has 2 atom stereocenters. The van der Waals surface area contributed by atoms with E-state index in [1.54, 1.807) is 0 Å². The number of piperidine rings is 1. The summed E-state index contributed by atoms with van der Waals surface area (Å²) in [5.74, 6) is -2.17. The second-order valence-corrected chi connectivity index (χ2v) is 4.90. The third-order valence-corrected chi connectivity index (χ3v) is 2.71. The summed E-state index contributed by atoms with van der Waals surface area (Å²) >= 11 is 0. The highest BCUT2D eigenvalue weighted by atomic mass is 16.4. The van der Waals surface area contributed by atoms with Gasteiger partial charge in [0.25, 0.3) is 0 Å².